The Kier molecular flexibility index (Phi) is 13.7. The zero-order valence-corrected chi connectivity index (χ0v) is 31.5. The maximum atomic E-state index is 14.2. The van der Waals surface area contributed by atoms with Crippen molar-refractivity contribution in [3.63, 3.8) is 0 Å². The maximum Gasteiger partial charge on any atom is 0.420 e. The molecule has 0 aliphatic carbocycles. The van der Waals surface area contributed by atoms with Gasteiger partial charge in [0.1, 0.15) is 18.3 Å². The Labute approximate surface area is 295 Å². The number of Topliss-reactive ketones (excluding diaryl/α,β-unsaturated/α-hetero) is 2. The van der Waals surface area contributed by atoms with Crippen molar-refractivity contribution >= 4 is 29.6 Å². The summed E-state index contributed by atoms with van der Waals surface area (Å²) in [5.74, 6) is -5.09. The molecule has 0 spiro atoms. The van der Waals surface area contributed by atoms with Crippen LogP contribution in [0.4, 0.5) is 4.79 Å². The van der Waals surface area contributed by atoms with Crippen LogP contribution >= 0.6 is 0 Å². The molecule has 14 nitrogen and oxygen atoms in total. The number of aromatic nitrogens is 2. The van der Waals surface area contributed by atoms with Crippen LogP contribution in [0, 0.1) is 17.8 Å². The van der Waals surface area contributed by atoms with Gasteiger partial charge in [0.05, 0.1) is 23.9 Å². The first-order valence-corrected chi connectivity index (χ1v) is 17.2. The van der Waals surface area contributed by atoms with Gasteiger partial charge in [0, 0.05) is 38.3 Å². The van der Waals surface area contributed by atoms with Crippen molar-refractivity contribution in [3.8, 4) is 0 Å². The highest BCUT2D eigenvalue weighted by molar-refractivity contribution is 6.00. The monoisotopic (exact) mass is 705 g/mol. The minimum atomic E-state index is -1.59. The zero-order chi connectivity index (χ0) is 37.7. The van der Waals surface area contributed by atoms with Crippen molar-refractivity contribution in [2.24, 2.45) is 17.8 Å². The molecule has 2 aliphatic rings. The average molecular weight is 706 g/mol. The molecule has 0 radical (unpaired) electrons. The number of allylic oxidation sites excluding steroid dienone is 1. The van der Waals surface area contributed by atoms with Crippen LogP contribution < -0.4 is 0 Å². The Morgan fingerprint density at radius 2 is 1.78 bits per heavy atom. The number of carbonyl (C=O) groups excluding carboxylic acids is 5. The number of carbonyl (C=O) groups is 5. The van der Waals surface area contributed by atoms with Gasteiger partial charge in [-0.2, -0.15) is 0 Å². The van der Waals surface area contributed by atoms with Gasteiger partial charge in [-0.05, 0) is 79.6 Å². The van der Waals surface area contributed by atoms with Gasteiger partial charge in [-0.25, -0.2) is 14.3 Å². The number of rotatable bonds is 7. The molecule has 11 atom stereocenters. The second kappa shape index (κ2) is 16.7. The SMILES string of the molecule is CC[C@H]1OC(=O)[C@H](C)C(=O)[C@H](C)[C@@H](O[C@@H]2O[C@H](C)C[C@@H](N(C)C)[C@H]2OC(C)=O)[C@](C)(OC)C[C@@H](C)C(=O)/C(C)=C/[C@]1(C)OC(=O)n1ccnc1. The summed E-state index contributed by atoms with van der Waals surface area (Å²) in [6, 6.07) is -0.267. The molecule has 3 rings (SSSR count). The molecule has 3 heterocycles. The fourth-order valence-corrected chi connectivity index (χ4v) is 7.10. The van der Waals surface area contributed by atoms with E-state index in [9.17, 15) is 24.0 Å². The first-order chi connectivity index (χ1) is 23.3. The minimum Gasteiger partial charge on any atom is -0.457 e. The van der Waals surface area contributed by atoms with E-state index in [0.717, 1.165) is 4.57 Å². The standard InChI is InChI=1S/C36H55N3O11/c1-13-27-35(8,50-34(44)39-15-14-37-19-39)17-20(2)28(41)21(3)18-36(9,45-12)31(23(5)29(42)24(6)32(43)48-27)49-33-30(47-25(7)40)26(38(10)11)16-22(4)46-33/h14-15,17,19,21-24,26-27,30-31,33H,13,16,18H2,1-12H3/b20-17+/t21-,22-,23+,24-,26-,27-,30-,31-,33+,35+,36-/m1/s1. The average Bonchev–Trinajstić information content (AvgIpc) is 3.60. The third-order valence-electron chi connectivity index (χ3n) is 9.93. The van der Waals surface area contributed by atoms with Gasteiger partial charge in [-0.3, -0.25) is 19.2 Å². The Morgan fingerprint density at radius 3 is 2.32 bits per heavy atom. The van der Waals surface area contributed by atoms with Crippen LogP contribution in [0.25, 0.3) is 0 Å². The Hall–Kier alpha value is -3.46. The Balaban J connectivity index is 2.14. The largest absolute Gasteiger partial charge is 0.457 e. The molecule has 0 aromatic carbocycles. The molecule has 50 heavy (non-hydrogen) atoms. The van der Waals surface area contributed by atoms with Crippen LogP contribution in [-0.2, 0) is 47.6 Å². The summed E-state index contributed by atoms with van der Waals surface area (Å²) in [4.78, 5) is 73.2. The van der Waals surface area contributed by atoms with Crippen molar-refractivity contribution in [1.29, 1.82) is 0 Å². The van der Waals surface area contributed by atoms with E-state index in [1.54, 1.807) is 41.5 Å². The first kappa shape index (κ1) is 41.0. The molecule has 2 aliphatic heterocycles. The van der Waals surface area contributed by atoms with E-state index in [-0.39, 0.29) is 36.3 Å². The number of hydrogen-bond acceptors (Lipinski definition) is 13. The molecule has 0 N–H and O–H groups in total. The van der Waals surface area contributed by atoms with Crippen molar-refractivity contribution in [1.82, 2.24) is 14.5 Å². The van der Waals surface area contributed by atoms with E-state index in [4.69, 9.17) is 28.4 Å². The normalized spacial score (nSPS) is 37.3. The summed E-state index contributed by atoms with van der Waals surface area (Å²) >= 11 is 0. The van der Waals surface area contributed by atoms with Gasteiger partial charge in [0.15, 0.2) is 29.6 Å². The zero-order valence-electron chi connectivity index (χ0n) is 31.5. The van der Waals surface area contributed by atoms with Crippen LogP contribution in [-0.4, -0.2) is 113 Å². The third kappa shape index (κ3) is 9.25. The minimum absolute atomic E-state index is 0.0922. The second-order valence-electron chi connectivity index (χ2n) is 14.3. The Bertz CT molecular complexity index is 1410. The number of ketones is 2. The first-order valence-electron chi connectivity index (χ1n) is 17.2. The molecule has 1 saturated heterocycles. The molecule has 0 unspecified atom stereocenters. The molecule has 1 aromatic rings. The number of cyclic esters (lactones) is 1. The van der Waals surface area contributed by atoms with Crippen LogP contribution in [0.5, 0.6) is 0 Å². The summed E-state index contributed by atoms with van der Waals surface area (Å²) in [7, 11) is 5.20. The van der Waals surface area contributed by atoms with Crippen molar-refractivity contribution in [2.45, 2.75) is 130 Å². The van der Waals surface area contributed by atoms with E-state index in [1.165, 1.54) is 45.8 Å². The number of likely N-dealkylation sites (N-methyl/N-ethyl adjacent to an activating group) is 1. The summed E-state index contributed by atoms with van der Waals surface area (Å²) < 4.78 is 37.7. The lowest BCUT2D eigenvalue weighted by Gasteiger charge is -2.47. The number of ether oxygens (including phenoxy) is 6. The molecule has 1 aromatic heterocycles. The van der Waals surface area contributed by atoms with Crippen LogP contribution in [0.15, 0.2) is 30.4 Å². The lowest BCUT2D eigenvalue weighted by molar-refractivity contribution is -0.297. The van der Waals surface area contributed by atoms with E-state index < -0.39 is 77.4 Å². The highest BCUT2D eigenvalue weighted by Crippen LogP contribution is 2.38. The predicted octanol–water partition coefficient (Wildman–Crippen LogP) is 4.13. The third-order valence-corrected chi connectivity index (χ3v) is 9.93. The smallest absolute Gasteiger partial charge is 0.420 e. The number of hydrogen-bond donors (Lipinski definition) is 0. The van der Waals surface area contributed by atoms with E-state index >= 15 is 0 Å². The molecule has 280 valence electrons. The highest BCUT2D eigenvalue weighted by atomic mass is 16.7. The highest BCUT2D eigenvalue weighted by Gasteiger charge is 2.51. The fourth-order valence-electron chi connectivity index (χ4n) is 7.10. The number of imidazole rings is 1. The van der Waals surface area contributed by atoms with E-state index in [2.05, 4.69) is 4.98 Å². The molecule has 14 heteroatoms. The van der Waals surface area contributed by atoms with E-state index in [0.29, 0.717) is 6.42 Å². The van der Waals surface area contributed by atoms with E-state index in [1.807, 2.05) is 25.9 Å². The quantitative estimate of drug-likeness (QED) is 0.226. The second-order valence-corrected chi connectivity index (χ2v) is 14.3. The summed E-state index contributed by atoms with van der Waals surface area (Å²) in [6.07, 6.45) is 1.25. The van der Waals surface area contributed by atoms with Crippen molar-refractivity contribution < 1.29 is 52.4 Å². The van der Waals surface area contributed by atoms with Crippen LogP contribution in [0.2, 0.25) is 0 Å². The van der Waals surface area contributed by atoms with Crippen LogP contribution in [0.1, 0.15) is 81.6 Å². The fraction of sp³-hybridized carbons (Fsp3) is 0.722. The summed E-state index contributed by atoms with van der Waals surface area (Å²) in [5, 5.41) is 0. The van der Waals surface area contributed by atoms with Gasteiger partial charge in [0.25, 0.3) is 0 Å². The molecular formula is C36H55N3O11. The maximum absolute atomic E-state index is 14.2. The molecular weight excluding hydrogens is 650 g/mol. The number of methoxy groups -OCH3 is 1. The van der Waals surface area contributed by atoms with Gasteiger partial charge >= 0.3 is 18.0 Å². The van der Waals surface area contributed by atoms with Gasteiger partial charge in [-0.15, -0.1) is 0 Å². The molecule has 0 amide bonds. The lowest BCUT2D eigenvalue weighted by Crippen LogP contribution is -2.60. The number of nitrogens with zero attached hydrogens (tertiary/aromatic N) is 3. The molecule has 0 saturated carbocycles. The van der Waals surface area contributed by atoms with Crippen molar-refractivity contribution in [2.75, 3.05) is 21.2 Å². The molecule has 1 fully saturated rings. The van der Waals surface area contributed by atoms with Crippen LogP contribution in [0.3, 0.4) is 0 Å². The summed E-state index contributed by atoms with van der Waals surface area (Å²) in [6.45, 7) is 14.6. The van der Waals surface area contributed by atoms with Gasteiger partial charge < -0.3 is 33.3 Å². The van der Waals surface area contributed by atoms with Gasteiger partial charge in [-0.1, -0.05) is 20.8 Å². The summed E-state index contributed by atoms with van der Waals surface area (Å²) in [5.41, 5.74) is -2.62. The van der Waals surface area contributed by atoms with Gasteiger partial charge in [0.2, 0.25) is 0 Å². The topological polar surface area (TPSA) is 162 Å². The lowest BCUT2D eigenvalue weighted by atomic mass is 9.77. The Morgan fingerprint density at radius 1 is 1.12 bits per heavy atom. The van der Waals surface area contributed by atoms with Crippen molar-refractivity contribution in [3.05, 3.63) is 30.4 Å². The number of esters is 2. The molecule has 0 bridgehead atoms. The predicted molar refractivity (Wildman–Crippen MR) is 181 cm³/mol.